The molecule has 1 rings (SSSR count). The van der Waals surface area contributed by atoms with Crippen molar-refractivity contribution in [1.82, 2.24) is 5.48 Å². The Labute approximate surface area is 82.0 Å². The van der Waals surface area contributed by atoms with E-state index in [4.69, 9.17) is 12.2 Å². The normalized spacial score (nSPS) is 9.07. The van der Waals surface area contributed by atoms with E-state index in [2.05, 4.69) is 16.2 Å². The van der Waals surface area contributed by atoms with Gasteiger partial charge in [-0.3, -0.25) is 9.63 Å². The fourth-order valence-electron chi connectivity index (χ4n) is 0.837. The molecule has 0 saturated heterocycles. The summed E-state index contributed by atoms with van der Waals surface area (Å²) in [5.74, 6) is 1.88. The predicted octanol–water partition coefficient (Wildman–Crippen LogP) is 0.563. The quantitative estimate of drug-likeness (QED) is 0.317. The van der Waals surface area contributed by atoms with Crippen LogP contribution in [-0.4, -0.2) is 12.5 Å². The van der Waals surface area contributed by atoms with E-state index in [1.807, 2.05) is 0 Å². The van der Waals surface area contributed by atoms with Crippen LogP contribution in [0.3, 0.4) is 0 Å². The zero-order valence-electron chi connectivity index (χ0n) is 7.49. The third-order valence-corrected chi connectivity index (χ3v) is 1.49. The Balaban J connectivity index is 2.53. The van der Waals surface area contributed by atoms with Crippen molar-refractivity contribution in [3.05, 3.63) is 29.8 Å². The van der Waals surface area contributed by atoms with E-state index >= 15 is 0 Å². The van der Waals surface area contributed by atoms with Crippen LogP contribution in [0.15, 0.2) is 24.3 Å². The molecule has 1 aromatic carbocycles. The summed E-state index contributed by atoms with van der Waals surface area (Å²) < 4.78 is 0. The minimum Gasteiger partial charge on any atom is -0.399 e. The summed E-state index contributed by atoms with van der Waals surface area (Å²) in [6, 6.07) is 6.47. The number of carbonyl (C=O) groups excluding carboxylic acids is 1. The largest absolute Gasteiger partial charge is 0.399 e. The van der Waals surface area contributed by atoms with Crippen LogP contribution in [0.4, 0.5) is 5.69 Å². The van der Waals surface area contributed by atoms with Crippen molar-refractivity contribution >= 4 is 11.6 Å². The van der Waals surface area contributed by atoms with Gasteiger partial charge >= 0.3 is 0 Å². The minimum atomic E-state index is -0.347. The van der Waals surface area contributed by atoms with Crippen molar-refractivity contribution in [2.45, 2.75) is 0 Å². The van der Waals surface area contributed by atoms with Gasteiger partial charge in [-0.2, -0.15) is 0 Å². The van der Waals surface area contributed by atoms with Crippen LogP contribution in [0.2, 0.25) is 0 Å². The Morgan fingerprint density at radius 3 is 2.71 bits per heavy atom. The number of hydrogen-bond acceptors (Lipinski definition) is 3. The molecule has 4 heteroatoms. The van der Waals surface area contributed by atoms with E-state index in [-0.39, 0.29) is 12.5 Å². The summed E-state index contributed by atoms with van der Waals surface area (Å²) >= 11 is 0. The first-order valence-electron chi connectivity index (χ1n) is 3.95. The Hall–Kier alpha value is -1.99. The Morgan fingerprint density at radius 2 is 2.14 bits per heavy atom. The highest BCUT2D eigenvalue weighted by Gasteiger charge is 2.03. The molecule has 14 heavy (non-hydrogen) atoms. The molecule has 0 aliphatic rings. The van der Waals surface area contributed by atoms with Gasteiger partial charge in [-0.05, 0) is 24.3 Å². The van der Waals surface area contributed by atoms with Gasteiger partial charge in [0.15, 0.2) is 0 Å². The molecule has 0 spiro atoms. The van der Waals surface area contributed by atoms with E-state index in [0.29, 0.717) is 11.3 Å². The molecule has 0 atom stereocenters. The maximum Gasteiger partial charge on any atom is 0.274 e. The van der Waals surface area contributed by atoms with E-state index in [1.54, 1.807) is 24.3 Å². The summed E-state index contributed by atoms with van der Waals surface area (Å²) in [5, 5.41) is 0. The van der Waals surface area contributed by atoms with E-state index in [1.165, 1.54) is 0 Å². The van der Waals surface area contributed by atoms with Crippen molar-refractivity contribution in [1.29, 1.82) is 0 Å². The highest BCUT2D eigenvalue weighted by atomic mass is 16.6. The Bertz CT molecular complexity index is 351. The number of benzene rings is 1. The van der Waals surface area contributed by atoms with Crippen molar-refractivity contribution in [2.75, 3.05) is 12.3 Å². The van der Waals surface area contributed by atoms with Crippen molar-refractivity contribution in [3.63, 3.8) is 0 Å². The van der Waals surface area contributed by atoms with Gasteiger partial charge in [-0.25, -0.2) is 5.48 Å². The van der Waals surface area contributed by atoms with Gasteiger partial charge in [0.1, 0.15) is 6.61 Å². The summed E-state index contributed by atoms with van der Waals surface area (Å²) in [6.07, 6.45) is 4.93. The first-order chi connectivity index (χ1) is 6.74. The average molecular weight is 190 g/mol. The lowest BCUT2D eigenvalue weighted by molar-refractivity contribution is 0.0438. The second kappa shape index (κ2) is 4.90. The zero-order chi connectivity index (χ0) is 10.4. The van der Waals surface area contributed by atoms with Gasteiger partial charge in [0.2, 0.25) is 0 Å². The SMILES string of the molecule is C#CCONC(=O)c1ccc(N)cc1. The predicted molar refractivity (Wildman–Crippen MR) is 53.1 cm³/mol. The molecule has 0 saturated carbocycles. The number of hydroxylamine groups is 1. The molecule has 0 bridgehead atoms. The zero-order valence-corrected chi connectivity index (χ0v) is 7.49. The van der Waals surface area contributed by atoms with Crippen LogP contribution in [0, 0.1) is 12.3 Å². The number of terminal acetylenes is 1. The molecule has 72 valence electrons. The van der Waals surface area contributed by atoms with E-state index in [9.17, 15) is 4.79 Å². The monoisotopic (exact) mass is 190 g/mol. The maximum atomic E-state index is 11.3. The number of nitrogens with one attached hydrogen (secondary N) is 1. The fraction of sp³-hybridized carbons (Fsp3) is 0.100. The average Bonchev–Trinajstić information content (AvgIpc) is 2.19. The third-order valence-electron chi connectivity index (χ3n) is 1.49. The number of amides is 1. The van der Waals surface area contributed by atoms with Crippen molar-refractivity contribution in [2.24, 2.45) is 0 Å². The van der Waals surface area contributed by atoms with Crippen molar-refractivity contribution in [3.8, 4) is 12.3 Å². The van der Waals surface area contributed by atoms with Gasteiger partial charge in [0.05, 0.1) is 0 Å². The van der Waals surface area contributed by atoms with Gasteiger partial charge in [0.25, 0.3) is 5.91 Å². The second-order valence-corrected chi connectivity index (χ2v) is 2.55. The molecule has 4 nitrogen and oxygen atoms in total. The highest BCUT2D eigenvalue weighted by Crippen LogP contribution is 2.04. The van der Waals surface area contributed by atoms with Crippen LogP contribution < -0.4 is 11.2 Å². The van der Waals surface area contributed by atoms with E-state index < -0.39 is 0 Å². The first-order valence-corrected chi connectivity index (χ1v) is 3.95. The molecule has 0 radical (unpaired) electrons. The molecule has 0 aliphatic carbocycles. The van der Waals surface area contributed by atoms with Gasteiger partial charge in [-0.1, -0.05) is 5.92 Å². The van der Waals surface area contributed by atoms with Crippen LogP contribution in [0.1, 0.15) is 10.4 Å². The maximum absolute atomic E-state index is 11.3. The standard InChI is InChI=1S/C10H10N2O2/c1-2-7-14-12-10(13)8-3-5-9(11)6-4-8/h1,3-6H,7,11H2,(H,12,13). The topological polar surface area (TPSA) is 64.3 Å². The number of nitrogen functional groups attached to an aromatic ring is 1. The molecule has 0 unspecified atom stereocenters. The summed E-state index contributed by atoms with van der Waals surface area (Å²) in [7, 11) is 0. The molecule has 0 aromatic heterocycles. The molecule has 0 aliphatic heterocycles. The number of anilines is 1. The number of hydrogen-bond donors (Lipinski definition) is 2. The summed E-state index contributed by atoms with van der Waals surface area (Å²) in [5.41, 5.74) is 8.73. The smallest absolute Gasteiger partial charge is 0.274 e. The van der Waals surface area contributed by atoms with E-state index in [0.717, 1.165) is 0 Å². The lowest BCUT2D eigenvalue weighted by Crippen LogP contribution is -2.23. The minimum absolute atomic E-state index is 0.0424. The molecule has 1 aromatic rings. The molecule has 0 heterocycles. The molecule has 3 N–H and O–H groups in total. The molecule has 0 fully saturated rings. The number of carbonyl (C=O) groups is 1. The van der Waals surface area contributed by atoms with Crippen LogP contribution in [0.5, 0.6) is 0 Å². The first kappa shape index (κ1) is 10.1. The highest BCUT2D eigenvalue weighted by molar-refractivity contribution is 5.93. The molecular weight excluding hydrogens is 180 g/mol. The lowest BCUT2D eigenvalue weighted by Gasteiger charge is -2.02. The third kappa shape index (κ3) is 2.81. The van der Waals surface area contributed by atoms with Crippen molar-refractivity contribution < 1.29 is 9.63 Å². The molecule has 1 amide bonds. The van der Waals surface area contributed by atoms with Crippen LogP contribution in [0.25, 0.3) is 0 Å². The molecular formula is C10H10N2O2. The lowest BCUT2D eigenvalue weighted by atomic mass is 10.2. The van der Waals surface area contributed by atoms with Gasteiger partial charge in [-0.15, -0.1) is 6.42 Å². The van der Waals surface area contributed by atoms with Crippen LogP contribution >= 0.6 is 0 Å². The summed E-state index contributed by atoms with van der Waals surface area (Å²) in [6.45, 7) is 0.0424. The fourth-order valence-corrected chi connectivity index (χ4v) is 0.837. The van der Waals surface area contributed by atoms with Crippen LogP contribution in [-0.2, 0) is 4.84 Å². The Morgan fingerprint density at radius 1 is 1.50 bits per heavy atom. The van der Waals surface area contributed by atoms with Gasteiger partial charge in [0, 0.05) is 11.3 Å². The number of rotatable bonds is 3. The second-order valence-electron chi connectivity index (χ2n) is 2.55. The van der Waals surface area contributed by atoms with Gasteiger partial charge < -0.3 is 5.73 Å². The summed E-state index contributed by atoms with van der Waals surface area (Å²) in [4.78, 5) is 15.9. The Kier molecular flexibility index (Phi) is 3.53. The number of nitrogens with two attached hydrogens (primary N) is 1.